The molecule has 1 aliphatic heterocycles. The second kappa shape index (κ2) is 11.0. The fourth-order valence-corrected chi connectivity index (χ4v) is 5.01. The van der Waals surface area contributed by atoms with E-state index in [1.807, 2.05) is 0 Å². The summed E-state index contributed by atoms with van der Waals surface area (Å²) in [6.07, 6.45) is 2.11. The topological polar surface area (TPSA) is 117 Å². The molecule has 0 spiro atoms. The SMILES string of the molecule is COc1ncc(C2(O)CCC(N3CCC(NC(=O)CNC(=O)c4cccc(C(F)(F)F)c4)C3)CC2)cn1. The predicted octanol–water partition coefficient (Wildman–Crippen LogP) is 2.25. The van der Waals surface area contributed by atoms with E-state index < -0.39 is 29.2 Å². The molecule has 12 heteroatoms. The third-order valence-electron chi connectivity index (χ3n) is 7.09. The van der Waals surface area contributed by atoms with Gasteiger partial charge in [0.1, 0.15) is 0 Å². The number of carbonyl (C=O) groups excluding carboxylic acids is 2. The molecule has 1 atom stereocenters. The van der Waals surface area contributed by atoms with Crippen LogP contribution < -0.4 is 15.4 Å². The third-order valence-corrected chi connectivity index (χ3v) is 7.09. The Labute approximate surface area is 212 Å². The highest BCUT2D eigenvalue weighted by Gasteiger charge is 2.39. The third kappa shape index (κ3) is 6.55. The summed E-state index contributed by atoms with van der Waals surface area (Å²) in [4.78, 5) is 35.1. The molecule has 2 aromatic rings. The van der Waals surface area contributed by atoms with Crippen LogP contribution in [0.25, 0.3) is 0 Å². The van der Waals surface area contributed by atoms with Crippen molar-refractivity contribution < 1.29 is 32.6 Å². The maximum atomic E-state index is 12.9. The lowest BCUT2D eigenvalue weighted by atomic mass is 9.78. The molecule has 1 aliphatic carbocycles. The molecule has 4 rings (SSSR count). The number of aromatic nitrogens is 2. The maximum Gasteiger partial charge on any atom is 0.416 e. The first-order chi connectivity index (χ1) is 17.6. The van der Waals surface area contributed by atoms with Gasteiger partial charge in [-0.2, -0.15) is 13.2 Å². The first-order valence-corrected chi connectivity index (χ1v) is 12.2. The van der Waals surface area contributed by atoms with Gasteiger partial charge in [0, 0.05) is 48.7 Å². The van der Waals surface area contributed by atoms with Crippen molar-refractivity contribution in [3.8, 4) is 6.01 Å². The standard InChI is InChI=1S/C25H30F3N5O4/c1-37-23-30-12-18(13-31-23)24(36)8-5-20(6-9-24)33-10-7-19(15-33)32-21(34)14-29-22(35)16-3-2-4-17(11-16)25(26,27)28/h2-4,11-13,19-20,36H,5-10,14-15H2,1H3,(H,29,35)(H,32,34). The minimum Gasteiger partial charge on any atom is -0.467 e. The lowest BCUT2D eigenvalue weighted by molar-refractivity contribution is -0.137. The second-order valence-corrected chi connectivity index (χ2v) is 9.53. The Kier molecular flexibility index (Phi) is 7.98. The number of nitrogens with one attached hydrogen (secondary N) is 2. The molecule has 0 bridgehead atoms. The van der Waals surface area contributed by atoms with Crippen LogP contribution >= 0.6 is 0 Å². The van der Waals surface area contributed by atoms with Crippen molar-refractivity contribution in [2.24, 2.45) is 0 Å². The number of methoxy groups -OCH3 is 1. The van der Waals surface area contributed by atoms with Gasteiger partial charge < -0.3 is 20.5 Å². The number of halogens is 3. The number of aliphatic hydroxyl groups is 1. The number of carbonyl (C=O) groups is 2. The van der Waals surface area contributed by atoms with Crippen LogP contribution in [0.2, 0.25) is 0 Å². The minimum atomic E-state index is -4.55. The Morgan fingerprint density at radius 2 is 1.89 bits per heavy atom. The Bertz CT molecular complexity index is 1100. The van der Waals surface area contributed by atoms with Gasteiger partial charge in [0.05, 0.1) is 24.8 Å². The van der Waals surface area contributed by atoms with Crippen LogP contribution in [-0.2, 0) is 16.6 Å². The average Bonchev–Trinajstić information content (AvgIpc) is 3.35. The zero-order valence-corrected chi connectivity index (χ0v) is 20.4. The number of likely N-dealkylation sites (tertiary alicyclic amines) is 1. The van der Waals surface area contributed by atoms with Crippen LogP contribution in [0.5, 0.6) is 6.01 Å². The Hall–Kier alpha value is -3.25. The summed E-state index contributed by atoms with van der Waals surface area (Å²) < 4.78 is 43.6. The number of amides is 2. The quantitative estimate of drug-likeness (QED) is 0.512. The number of rotatable bonds is 7. The highest BCUT2D eigenvalue weighted by atomic mass is 19.4. The summed E-state index contributed by atoms with van der Waals surface area (Å²) in [6.45, 7) is 1.13. The first kappa shape index (κ1) is 26.8. The highest BCUT2D eigenvalue weighted by Crippen LogP contribution is 2.39. The summed E-state index contributed by atoms with van der Waals surface area (Å²) >= 11 is 0. The van der Waals surface area contributed by atoms with Gasteiger partial charge in [-0.15, -0.1) is 0 Å². The van der Waals surface area contributed by atoms with Gasteiger partial charge in [0.15, 0.2) is 0 Å². The number of nitrogens with zero attached hydrogens (tertiary/aromatic N) is 3. The van der Waals surface area contributed by atoms with Gasteiger partial charge in [0.25, 0.3) is 5.91 Å². The number of alkyl halides is 3. The molecular weight excluding hydrogens is 491 g/mol. The Morgan fingerprint density at radius 1 is 1.19 bits per heavy atom. The van der Waals surface area contributed by atoms with Crippen LogP contribution in [0.4, 0.5) is 13.2 Å². The maximum absolute atomic E-state index is 12.9. The predicted molar refractivity (Wildman–Crippen MR) is 127 cm³/mol. The van der Waals surface area contributed by atoms with E-state index in [-0.39, 0.29) is 30.2 Å². The smallest absolute Gasteiger partial charge is 0.416 e. The molecular formula is C25H30F3N5O4. The molecule has 1 aromatic heterocycles. The van der Waals surface area contributed by atoms with Crippen LogP contribution in [0.15, 0.2) is 36.7 Å². The fourth-order valence-electron chi connectivity index (χ4n) is 5.01. The van der Waals surface area contributed by atoms with Crippen LogP contribution in [0.1, 0.15) is 53.6 Å². The van der Waals surface area contributed by atoms with E-state index in [0.29, 0.717) is 24.9 Å². The average molecular weight is 522 g/mol. The number of benzene rings is 1. The van der Waals surface area contributed by atoms with Gasteiger partial charge in [-0.3, -0.25) is 14.5 Å². The molecule has 1 saturated carbocycles. The summed E-state index contributed by atoms with van der Waals surface area (Å²) in [7, 11) is 1.48. The lowest BCUT2D eigenvalue weighted by Gasteiger charge is -2.39. The van der Waals surface area contributed by atoms with Crippen molar-refractivity contribution >= 4 is 11.8 Å². The van der Waals surface area contributed by atoms with Gasteiger partial charge >= 0.3 is 12.2 Å². The van der Waals surface area contributed by atoms with Crippen LogP contribution in [0.3, 0.4) is 0 Å². The van der Waals surface area contributed by atoms with E-state index >= 15 is 0 Å². The van der Waals surface area contributed by atoms with Crippen LogP contribution in [0, 0.1) is 0 Å². The first-order valence-electron chi connectivity index (χ1n) is 12.2. The van der Waals surface area contributed by atoms with Crippen molar-refractivity contribution in [1.82, 2.24) is 25.5 Å². The normalized spacial score (nSPS) is 24.5. The monoisotopic (exact) mass is 521 g/mol. The Balaban J connectivity index is 1.21. The van der Waals surface area contributed by atoms with E-state index in [2.05, 4.69) is 25.5 Å². The molecule has 2 amide bonds. The van der Waals surface area contributed by atoms with Gasteiger partial charge in [-0.25, -0.2) is 9.97 Å². The molecule has 1 aromatic carbocycles. The van der Waals surface area contributed by atoms with E-state index in [1.54, 1.807) is 12.4 Å². The van der Waals surface area contributed by atoms with Crippen molar-refractivity contribution in [3.63, 3.8) is 0 Å². The molecule has 1 saturated heterocycles. The highest BCUT2D eigenvalue weighted by molar-refractivity contribution is 5.96. The van der Waals surface area contributed by atoms with Crippen molar-refractivity contribution in [3.05, 3.63) is 53.3 Å². The van der Waals surface area contributed by atoms with Gasteiger partial charge in [-0.1, -0.05) is 6.07 Å². The van der Waals surface area contributed by atoms with Crippen LogP contribution in [-0.4, -0.2) is 70.6 Å². The second-order valence-electron chi connectivity index (χ2n) is 9.53. The molecule has 2 heterocycles. The molecule has 2 aliphatic rings. The summed E-state index contributed by atoms with van der Waals surface area (Å²) in [5.74, 6) is -1.14. The zero-order chi connectivity index (χ0) is 26.6. The van der Waals surface area contributed by atoms with Gasteiger partial charge in [0.2, 0.25) is 5.91 Å². The Morgan fingerprint density at radius 3 is 2.54 bits per heavy atom. The number of ether oxygens (including phenoxy) is 1. The summed E-state index contributed by atoms with van der Waals surface area (Å²) in [5.41, 5.74) is -1.39. The fraction of sp³-hybridized carbons (Fsp3) is 0.520. The molecule has 1 unspecified atom stereocenters. The van der Waals surface area contributed by atoms with E-state index in [0.717, 1.165) is 44.0 Å². The zero-order valence-electron chi connectivity index (χ0n) is 20.4. The lowest BCUT2D eigenvalue weighted by Crippen LogP contribution is -2.45. The summed E-state index contributed by atoms with van der Waals surface area (Å²) in [5, 5.41) is 16.4. The molecule has 0 radical (unpaired) electrons. The molecule has 37 heavy (non-hydrogen) atoms. The molecule has 3 N–H and O–H groups in total. The van der Waals surface area contributed by atoms with E-state index in [1.165, 1.54) is 13.2 Å². The molecule has 9 nitrogen and oxygen atoms in total. The molecule has 2 fully saturated rings. The van der Waals surface area contributed by atoms with E-state index in [9.17, 15) is 27.9 Å². The van der Waals surface area contributed by atoms with Gasteiger partial charge in [-0.05, 0) is 50.3 Å². The largest absolute Gasteiger partial charge is 0.467 e. The number of hydrogen-bond acceptors (Lipinski definition) is 7. The molecule has 200 valence electrons. The van der Waals surface area contributed by atoms with Crippen molar-refractivity contribution in [2.75, 3.05) is 26.7 Å². The minimum absolute atomic E-state index is 0.0891. The number of hydrogen-bond donors (Lipinski definition) is 3. The van der Waals surface area contributed by atoms with Crippen molar-refractivity contribution in [1.29, 1.82) is 0 Å². The van der Waals surface area contributed by atoms with E-state index in [4.69, 9.17) is 4.74 Å². The summed E-state index contributed by atoms with van der Waals surface area (Å²) in [6, 6.07) is 4.51. The van der Waals surface area contributed by atoms with Crippen molar-refractivity contribution in [2.45, 2.75) is 56.0 Å².